The Hall–Kier alpha value is -3.96. The molecule has 0 unspecified atom stereocenters. The average Bonchev–Trinajstić information content (AvgIpc) is 3.71. The van der Waals surface area contributed by atoms with E-state index in [9.17, 15) is 19.8 Å². The lowest BCUT2D eigenvalue weighted by Crippen LogP contribution is -2.44. The lowest BCUT2D eigenvalue weighted by Gasteiger charge is -2.29. The van der Waals surface area contributed by atoms with E-state index in [0.29, 0.717) is 49.9 Å². The number of amides is 1. The van der Waals surface area contributed by atoms with Crippen LogP contribution in [0, 0.1) is 5.92 Å². The van der Waals surface area contributed by atoms with E-state index in [0.717, 1.165) is 35.6 Å². The molecule has 0 bridgehead atoms. The summed E-state index contributed by atoms with van der Waals surface area (Å²) in [4.78, 5) is 34.3. The summed E-state index contributed by atoms with van der Waals surface area (Å²) in [7, 11) is 1.53. The van der Waals surface area contributed by atoms with Crippen molar-refractivity contribution in [2.24, 2.45) is 5.92 Å². The number of aromatic hydroxyl groups is 1. The molecule has 5 rings (SSSR count). The van der Waals surface area contributed by atoms with Gasteiger partial charge in [0, 0.05) is 48.6 Å². The number of hydroxylamine groups is 2. The van der Waals surface area contributed by atoms with Crippen LogP contribution in [0.5, 0.6) is 23.1 Å². The van der Waals surface area contributed by atoms with E-state index in [-0.39, 0.29) is 25.1 Å². The summed E-state index contributed by atoms with van der Waals surface area (Å²) in [5.74, 6) is -0.811. The Balaban J connectivity index is 1.46. The van der Waals surface area contributed by atoms with E-state index in [1.54, 1.807) is 10.6 Å². The molecule has 1 saturated heterocycles. The Bertz CT molecular complexity index is 1430. The molecule has 1 aromatic heterocycles. The van der Waals surface area contributed by atoms with Crippen LogP contribution in [0.3, 0.4) is 0 Å². The zero-order chi connectivity index (χ0) is 30.5. The van der Waals surface area contributed by atoms with Gasteiger partial charge < -0.3 is 29.0 Å². The van der Waals surface area contributed by atoms with Crippen LogP contribution < -0.4 is 14.2 Å². The van der Waals surface area contributed by atoms with Gasteiger partial charge in [0.15, 0.2) is 17.4 Å². The van der Waals surface area contributed by atoms with Crippen LogP contribution in [0.2, 0.25) is 0 Å². The Morgan fingerprint density at radius 2 is 1.95 bits per heavy atom. The topological polar surface area (TPSA) is 123 Å². The number of carboxylic acids is 1. The normalized spacial score (nSPS) is 19.7. The monoisotopic (exact) mass is 595 g/mol. The molecule has 0 saturated carbocycles. The van der Waals surface area contributed by atoms with Crippen molar-refractivity contribution < 1.29 is 38.9 Å². The first-order valence-corrected chi connectivity index (χ1v) is 15.0. The Kier molecular flexibility index (Phi) is 9.62. The minimum atomic E-state index is -0.950. The summed E-state index contributed by atoms with van der Waals surface area (Å²) in [6.45, 7) is 5.74. The number of carboxylic acid groups (broad SMARTS) is 1. The zero-order valence-electron chi connectivity index (χ0n) is 25.0. The zero-order valence-corrected chi connectivity index (χ0v) is 25.0. The number of ether oxygens (including phenoxy) is 3. The average molecular weight is 596 g/mol. The van der Waals surface area contributed by atoms with Gasteiger partial charge in [-0.2, -0.15) is 0 Å². The standard InChI is InChI=1S/C32H41N3O8/c1-4-6-12-35(43-14-5-2)28(36)19-34-18-24(22-15-26(40-3)30-27(16-22)41-20-42-30)29(32(38)39)25(34)11-13-33-17-21-9-7-8-10-23(21)31(33)37/h7-10,15-17,24-25,29,37H,4-6,11-14,18-20H2,1-3H3,(H,38,39)/t24-,25+,29-/m1/s1. The van der Waals surface area contributed by atoms with Crippen molar-refractivity contribution in [1.29, 1.82) is 0 Å². The van der Waals surface area contributed by atoms with Gasteiger partial charge in [0.05, 0.1) is 26.2 Å². The van der Waals surface area contributed by atoms with Crippen LogP contribution in [0.15, 0.2) is 42.6 Å². The molecule has 2 aliphatic heterocycles. The summed E-state index contributed by atoms with van der Waals surface area (Å²) in [5.41, 5.74) is 0.744. The van der Waals surface area contributed by atoms with Gasteiger partial charge in [-0.25, -0.2) is 5.06 Å². The summed E-state index contributed by atoms with van der Waals surface area (Å²) in [5, 5.41) is 24.6. The van der Waals surface area contributed by atoms with Crippen LogP contribution in [0.1, 0.15) is 51.0 Å². The Morgan fingerprint density at radius 3 is 2.67 bits per heavy atom. The lowest BCUT2D eigenvalue weighted by atomic mass is 9.84. The lowest BCUT2D eigenvalue weighted by molar-refractivity contribution is -0.188. The molecule has 0 aliphatic carbocycles. The van der Waals surface area contributed by atoms with Gasteiger partial charge in [-0.15, -0.1) is 0 Å². The van der Waals surface area contributed by atoms with E-state index in [2.05, 4.69) is 6.92 Å². The number of carbonyl (C=O) groups is 2. The van der Waals surface area contributed by atoms with Crippen molar-refractivity contribution in [2.45, 2.75) is 58.0 Å². The van der Waals surface area contributed by atoms with Crippen molar-refractivity contribution in [3.05, 3.63) is 48.2 Å². The molecular formula is C32H41N3O8. The second kappa shape index (κ2) is 13.6. The van der Waals surface area contributed by atoms with Crippen molar-refractivity contribution in [2.75, 3.05) is 40.1 Å². The minimum absolute atomic E-state index is 0.0136. The van der Waals surface area contributed by atoms with E-state index in [4.69, 9.17) is 19.0 Å². The number of carbonyl (C=O) groups excluding carboxylic acids is 1. The maximum Gasteiger partial charge on any atom is 0.308 e. The van der Waals surface area contributed by atoms with Gasteiger partial charge in [0.2, 0.25) is 12.5 Å². The van der Waals surface area contributed by atoms with Crippen molar-refractivity contribution >= 4 is 22.6 Å². The molecule has 1 amide bonds. The number of aromatic nitrogens is 1. The highest BCUT2D eigenvalue weighted by Crippen LogP contribution is 2.47. The Labute approximate surface area is 251 Å². The van der Waals surface area contributed by atoms with Crippen LogP contribution in [0.4, 0.5) is 0 Å². The first-order chi connectivity index (χ1) is 20.9. The predicted octanol–water partition coefficient (Wildman–Crippen LogP) is 4.61. The molecular weight excluding hydrogens is 554 g/mol. The number of likely N-dealkylation sites (tertiary alicyclic amines) is 1. The molecule has 11 nitrogen and oxygen atoms in total. The highest BCUT2D eigenvalue weighted by Gasteiger charge is 2.47. The number of fused-ring (bicyclic) bond motifs is 2. The smallest absolute Gasteiger partial charge is 0.308 e. The highest BCUT2D eigenvalue weighted by atomic mass is 16.7. The Morgan fingerprint density at radius 1 is 1.14 bits per heavy atom. The number of aliphatic carboxylic acids is 1. The molecule has 3 heterocycles. The number of aryl methyl sites for hydroxylation is 1. The summed E-state index contributed by atoms with van der Waals surface area (Å²) in [6, 6.07) is 10.7. The second-order valence-electron chi connectivity index (χ2n) is 11.1. The fraction of sp³-hybridized carbons (Fsp3) is 0.500. The fourth-order valence-corrected chi connectivity index (χ4v) is 6.21. The van der Waals surface area contributed by atoms with Crippen LogP contribution in [-0.2, 0) is 21.0 Å². The molecule has 0 spiro atoms. The second-order valence-corrected chi connectivity index (χ2v) is 11.1. The van der Waals surface area contributed by atoms with Crippen LogP contribution >= 0.6 is 0 Å². The maximum absolute atomic E-state index is 13.6. The number of nitrogens with zero attached hydrogens (tertiary/aromatic N) is 3. The molecule has 43 heavy (non-hydrogen) atoms. The molecule has 3 atom stereocenters. The largest absolute Gasteiger partial charge is 0.494 e. The summed E-state index contributed by atoms with van der Waals surface area (Å²) < 4.78 is 18.5. The van der Waals surface area contributed by atoms with Gasteiger partial charge in [-0.1, -0.05) is 38.5 Å². The highest BCUT2D eigenvalue weighted by molar-refractivity contribution is 5.87. The van der Waals surface area contributed by atoms with Gasteiger partial charge in [0.1, 0.15) is 0 Å². The van der Waals surface area contributed by atoms with Crippen molar-refractivity contribution in [3.63, 3.8) is 0 Å². The van der Waals surface area contributed by atoms with Gasteiger partial charge in [-0.05, 0) is 43.0 Å². The van der Waals surface area contributed by atoms with Gasteiger partial charge >= 0.3 is 5.97 Å². The van der Waals surface area contributed by atoms with Crippen LogP contribution in [0.25, 0.3) is 10.8 Å². The number of unbranched alkanes of at least 4 members (excludes halogenated alkanes) is 1. The van der Waals surface area contributed by atoms with Crippen molar-refractivity contribution in [1.82, 2.24) is 14.5 Å². The van der Waals surface area contributed by atoms with Crippen LogP contribution in [-0.4, -0.2) is 82.8 Å². The van der Waals surface area contributed by atoms with Crippen molar-refractivity contribution in [3.8, 4) is 23.1 Å². The SMILES string of the molecule is CCCCN(OCCC)C(=O)CN1C[C@H](c2cc(OC)c3c(c2)OCO3)[C@@H](C(=O)O)[C@@H]1CCn1cc2ccccc2c1O. The van der Waals surface area contributed by atoms with Gasteiger partial charge in [0.25, 0.3) is 5.91 Å². The third-order valence-corrected chi connectivity index (χ3v) is 8.36. The molecule has 2 aliphatic rings. The maximum atomic E-state index is 13.6. The number of benzene rings is 2. The van der Waals surface area contributed by atoms with E-state index >= 15 is 0 Å². The molecule has 1 fully saturated rings. The first-order valence-electron chi connectivity index (χ1n) is 15.0. The number of rotatable bonds is 14. The van der Waals surface area contributed by atoms with Gasteiger partial charge in [-0.3, -0.25) is 19.3 Å². The fourth-order valence-electron chi connectivity index (χ4n) is 6.21. The summed E-state index contributed by atoms with van der Waals surface area (Å²) >= 11 is 0. The summed E-state index contributed by atoms with van der Waals surface area (Å²) in [6.07, 6.45) is 4.76. The third-order valence-electron chi connectivity index (χ3n) is 8.36. The predicted molar refractivity (Wildman–Crippen MR) is 159 cm³/mol. The molecule has 0 radical (unpaired) electrons. The number of hydrogen-bond acceptors (Lipinski definition) is 8. The molecule has 2 N–H and O–H groups in total. The minimum Gasteiger partial charge on any atom is -0.494 e. The third kappa shape index (κ3) is 6.37. The van der Waals surface area contributed by atoms with E-state index in [1.807, 2.05) is 48.4 Å². The number of methoxy groups -OCH3 is 1. The molecule has 3 aromatic rings. The van der Waals surface area contributed by atoms with E-state index < -0.39 is 23.8 Å². The molecule has 232 valence electrons. The first kappa shape index (κ1) is 30.5. The van der Waals surface area contributed by atoms with E-state index in [1.165, 1.54) is 12.2 Å². The quantitative estimate of drug-likeness (QED) is 0.257. The molecule has 2 aromatic carbocycles. The number of hydrogen-bond donors (Lipinski definition) is 2. The molecule has 11 heteroatoms.